The predicted octanol–water partition coefficient (Wildman–Crippen LogP) is 0.620. The number of allylic oxidation sites excluding steroid dienone is 2. The average molecular weight is 364 g/mol. The molecule has 2 heterocycles. The van der Waals surface area contributed by atoms with Gasteiger partial charge in [-0.2, -0.15) is 4.98 Å². The topological polar surface area (TPSA) is 98.0 Å². The van der Waals surface area contributed by atoms with Crippen molar-refractivity contribution in [2.24, 2.45) is 11.8 Å². The number of carbonyl (C=O) groups excluding carboxylic acids is 2. The Balaban J connectivity index is 1.60. The predicted molar refractivity (Wildman–Crippen MR) is 91.2 cm³/mol. The molecule has 1 aliphatic carbocycles. The molecule has 0 radical (unpaired) electrons. The summed E-state index contributed by atoms with van der Waals surface area (Å²) in [6.45, 7) is 2.11. The van der Waals surface area contributed by atoms with Crippen molar-refractivity contribution < 1.29 is 23.6 Å². The SMILES string of the molecule is CN(C)c1noc(COC(=O)C2CC=CCC2C(=O)N2CCOCC2)n1. The van der Waals surface area contributed by atoms with Gasteiger partial charge in [-0.05, 0) is 18.0 Å². The molecule has 2 atom stereocenters. The van der Waals surface area contributed by atoms with Crippen LogP contribution in [-0.2, 0) is 25.7 Å². The van der Waals surface area contributed by atoms with Crippen LogP contribution in [0.25, 0.3) is 0 Å². The molecule has 142 valence electrons. The van der Waals surface area contributed by atoms with Crippen LogP contribution in [0.2, 0.25) is 0 Å². The van der Waals surface area contributed by atoms with Crippen molar-refractivity contribution in [3.05, 3.63) is 18.0 Å². The van der Waals surface area contributed by atoms with E-state index in [1.165, 1.54) is 0 Å². The van der Waals surface area contributed by atoms with Crippen LogP contribution in [0.4, 0.5) is 5.95 Å². The molecule has 0 spiro atoms. The zero-order valence-electron chi connectivity index (χ0n) is 15.1. The van der Waals surface area contributed by atoms with Crippen LogP contribution >= 0.6 is 0 Å². The third-order valence-corrected chi connectivity index (χ3v) is 4.57. The molecule has 2 unspecified atom stereocenters. The Morgan fingerprint density at radius 2 is 1.92 bits per heavy atom. The van der Waals surface area contributed by atoms with E-state index < -0.39 is 17.8 Å². The largest absolute Gasteiger partial charge is 0.455 e. The van der Waals surface area contributed by atoms with E-state index >= 15 is 0 Å². The fourth-order valence-corrected chi connectivity index (χ4v) is 3.09. The van der Waals surface area contributed by atoms with Gasteiger partial charge in [-0.3, -0.25) is 9.59 Å². The number of ether oxygens (including phenoxy) is 2. The molecule has 1 fully saturated rings. The van der Waals surface area contributed by atoms with Crippen LogP contribution in [0.3, 0.4) is 0 Å². The highest BCUT2D eigenvalue weighted by molar-refractivity contribution is 5.86. The minimum Gasteiger partial charge on any atom is -0.455 e. The Kier molecular flexibility index (Phi) is 5.87. The zero-order valence-corrected chi connectivity index (χ0v) is 15.1. The van der Waals surface area contributed by atoms with Crippen LogP contribution in [0.15, 0.2) is 16.7 Å². The van der Waals surface area contributed by atoms with Crippen LogP contribution in [0, 0.1) is 11.8 Å². The molecule has 1 aromatic heterocycles. The van der Waals surface area contributed by atoms with Crippen molar-refractivity contribution >= 4 is 17.8 Å². The van der Waals surface area contributed by atoms with Gasteiger partial charge >= 0.3 is 5.97 Å². The summed E-state index contributed by atoms with van der Waals surface area (Å²) in [7, 11) is 3.58. The quantitative estimate of drug-likeness (QED) is 0.554. The van der Waals surface area contributed by atoms with Crippen LogP contribution in [0.5, 0.6) is 0 Å². The van der Waals surface area contributed by atoms with Gasteiger partial charge in [-0.15, -0.1) is 0 Å². The number of aromatic nitrogens is 2. The summed E-state index contributed by atoms with van der Waals surface area (Å²) >= 11 is 0. The van der Waals surface area contributed by atoms with Crippen LogP contribution in [-0.4, -0.2) is 67.3 Å². The van der Waals surface area contributed by atoms with Crippen molar-refractivity contribution in [2.45, 2.75) is 19.4 Å². The lowest BCUT2D eigenvalue weighted by atomic mass is 9.82. The molecule has 1 aromatic rings. The molecule has 0 saturated carbocycles. The number of carbonyl (C=O) groups is 2. The first-order chi connectivity index (χ1) is 12.6. The summed E-state index contributed by atoms with van der Waals surface area (Å²) in [5.74, 6) is -0.670. The Morgan fingerprint density at radius 3 is 2.58 bits per heavy atom. The standard InChI is InChI=1S/C17H24N4O5/c1-20(2)17-18-14(26-19-17)11-25-16(23)13-6-4-3-5-12(13)15(22)21-7-9-24-10-8-21/h3-4,12-13H,5-11H2,1-2H3. The number of nitrogens with zero attached hydrogens (tertiary/aromatic N) is 4. The van der Waals surface area contributed by atoms with Gasteiger partial charge in [0.15, 0.2) is 6.61 Å². The minimum atomic E-state index is -0.494. The molecule has 0 N–H and O–H groups in total. The molecule has 26 heavy (non-hydrogen) atoms. The summed E-state index contributed by atoms with van der Waals surface area (Å²) in [4.78, 5) is 32.9. The Morgan fingerprint density at radius 1 is 1.23 bits per heavy atom. The number of esters is 1. The van der Waals surface area contributed by atoms with Gasteiger partial charge < -0.3 is 23.8 Å². The summed E-state index contributed by atoms with van der Waals surface area (Å²) in [5.41, 5.74) is 0. The van der Waals surface area contributed by atoms with E-state index in [1.807, 2.05) is 12.2 Å². The normalized spacial score (nSPS) is 22.9. The van der Waals surface area contributed by atoms with Crippen LogP contribution < -0.4 is 4.90 Å². The first-order valence-electron chi connectivity index (χ1n) is 8.74. The van der Waals surface area contributed by atoms with Crippen molar-refractivity contribution in [3.63, 3.8) is 0 Å². The van der Waals surface area contributed by atoms with Gasteiger partial charge in [0.05, 0.1) is 25.0 Å². The number of hydrogen-bond donors (Lipinski definition) is 0. The van der Waals surface area contributed by atoms with E-state index in [0.717, 1.165) is 0 Å². The molecule has 1 aliphatic heterocycles. The number of anilines is 1. The molecule has 9 nitrogen and oxygen atoms in total. The van der Waals surface area contributed by atoms with Gasteiger partial charge in [0.1, 0.15) is 0 Å². The highest BCUT2D eigenvalue weighted by atomic mass is 16.6. The van der Waals surface area contributed by atoms with E-state index in [-0.39, 0.29) is 18.4 Å². The smallest absolute Gasteiger partial charge is 0.310 e. The second kappa shape index (κ2) is 8.31. The second-order valence-corrected chi connectivity index (χ2v) is 6.58. The highest BCUT2D eigenvalue weighted by Crippen LogP contribution is 2.29. The number of hydrogen-bond acceptors (Lipinski definition) is 8. The first-order valence-corrected chi connectivity index (χ1v) is 8.74. The minimum absolute atomic E-state index is 0.00714. The molecule has 2 aliphatic rings. The lowest BCUT2D eigenvalue weighted by Crippen LogP contribution is -2.47. The average Bonchev–Trinajstić information content (AvgIpc) is 3.15. The molecule has 9 heteroatoms. The van der Waals surface area contributed by atoms with E-state index in [1.54, 1.807) is 23.9 Å². The highest BCUT2D eigenvalue weighted by Gasteiger charge is 2.37. The third-order valence-electron chi connectivity index (χ3n) is 4.57. The fraction of sp³-hybridized carbons (Fsp3) is 0.647. The van der Waals surface area contributed by atoms with Gasteiger partial charge in [0.25, 0.3) is 11.8 Å². The third kappa shape index (κ3) is 4.21. The first kappa shape index (κ1) is 18.4. The number of amides is 1. The Bertz CT molecular complexity index is 666. The monoisotopic (exact) mass is 364 g/mol. The molecular formula is C17H24N4O5. The molecule has 1 amide bonds. The van der Waals surface area contributed by atoms with E-state index in [4.69, 9.17) is 14.0 Å². The maximum Gasteiger partial charge on any atom is 0.310 e. The van der Waals surface area contributed by atoms with Gasteiger partial charge in [0, 0.05) is 27.2 Å². The number of morpholine rings is 1. The summed E-state index contributed by atoms with van der Waals surface area (Å²) in [6, 6.07) is 0. The Labute approximate surface area is 151 Å². The zero-order chi connectivity index (χ0) is 18.5. The summed E-state index contributed by atoms with van der Waals surface area (Å²) in [6.07, 6.45) is 4.91. The maximum atomic E-state index is 12.8. The van der Waals surface area contributed by atoms with Crippen molar-refractivity contribution in [2.75, 3.05) is 45.3 Å². The lowest BCUT2D eigenvalue weighted by molar-refractivity contribution is -0.158. The number of rotatable bonds is 5. The fourth-order valence-electron chi connectivity index (χ4n) is 3.09. The molecular weight excluding hydrogens is 340 g/mol. The van der Waals surface area contributed by atoms with Crippen molar-refractivity contribution in [1.82, 2.24) is 15.0 Å². The second-order valence-electron chi connectivity index (χ2n) is 6.58. The van der Waals surface area contributed by atoms with Gasteiger partial charge in [-0.1, -0.05) is 12.2 Å². The maximum absolute atomic E-state index is 12.8. The Hall–Kier alpha value is -2.42. The molecule has 0 bridgehead atoms. The van der Waals surface area contributed by atoms with E-state index in [2.05, 4.69) is 10.1 Å². The molecule has 3 rings (SSSR count). The summed E-state index contributed by atoms with van der Waals surface area (Å²) in [5, 5.41) is 3.78. The van der Waals surface area contributed by atoms with Gasteiger partial charge in [0.2, 0.25) is 5.91 Å². The van der Waals surface area contributed by atoms with Crippen molar-refractivity contribution in [1.29, 1.82) is 0 Å². The van der Waals surface area contributed by atoms with E-state index in [0.29, 0.717) is 45.1 Å². The molecule has 0 aromatic carbocycles. The summed E-state index contributed by atoms with van der Waals surface area (Å²) < 4.78 is 15.7. The van der Waals surface area contributed by atoms with Crippen LogP contribution in [0.1, 0.15) is 18.7 Å². The lowest BCUT2D eigenvalue weighted by Gasteiger charge is -2.33. The molecule has 1 saturated heterocycles. The van der Waals surface area contributed by atoms with E-state index in [9.17, 15) is 9.59 Å². The van der Waals surface area contributed by atoms with Gasteiger partial charge in [-0.25, -0.2) is 0 Å². The van der Waals surface area contributed by atoms with Crippen molar-refractivity contribution in [3.8, 4) is 0 Å².